The number of rotatable bonds is 5. The van der Waals surface area contributed by atoms with Gasteiger partial charge in [0.15, 0.2) is 0 Å². The fraction of sp³-hybridized carbons (Fsp3) is 0.235. The van der Waals surface area contributed by atoms with Gasteiger partial charge >= 0.3 is 6.03 Å². The number of urea groups is 1. The van der Waals surface area contributed by atoms with Crippen molar-refractivity contribution in [2.24, 2.45) is 0 Å². The first kappa shape index (κ1) is 17.7. The Kier molecular flexibility index (Phi) is 5.35. The number of anilines is 1. The second-order valence-corrected chi connectivity index (χ2v) is 5.43. The van der Waals surface area contributed by atoms with E-state index in [9.17, 15) is 18.7 Å². The molecule has 0 fully saturated rings. The third-order valence-corrected chi connectivity index (χ3v) is 3.48. The third-order valence-electron chi connectivity index (χ3n) is 3.48. The highest BCUT2D eigenvalue weighted by Crippen LogP contribution is 2.22. The predicted molar refractivity (Wildman–Crippen MR) is 85.9 cm³/mol. The number of aliphatic hydroxyl groups is 1. The number of hydrogen-bond acceptors (Lipinski definition) is 3. The van der Waals surface area contributed by atoms with Crippen LogP contribution in [0.5, 0.6) is 5.75 Å². The molecule has 0 aliphatic heterocycles. The second kappa shape index (κ2) is 7.27. The van der Waals surface area contributed by atoms with Gasteiger partial charge < -0.3 is 20.5 Å². The number of hydrogen-bond donors (Lipinski definition) is 3. The summed E-state index contributed by atoms with van der Waals surface area (Å²) in [5.74, 6) is -0.644. The largest absolute Gasteiger partial charge is 0.497 e. The van der Waals surface area contributed by atoms with Crippen LogP contribution in [0.25, 0.3) is 0 Å². The van der Waals surface area contributed by atoms with Gasteiger partial charge in [0.2, 0.25) is 0 Å². The van der Waals surface area contributed by atoms with E-state index in [1.54, 1.807) is 0 Å². The Morgan fingerprint density at radius 2 is 1.88 bits per heavy atom. The molecule has 1 unspecified atom stereocenters. The minimum atomic E-state index is -1.40. The Labute approximate surface area is 138 Å². The van der Waals surface area contributed by atoms with Gasteiger partial charge in [0.1, 0.15) is 23.0 Å². The molecule has 0 spiro atoms. The van der Waals surface area contributed by atoms with Crippen molar-refractivity contribution in [2.75, 3.05) is 19.0 Å². The van der Waals surface area contributed by atoms with Crippen molar-refractivity contribution in [2.45, 2.75) is 12.5 Å². The monoisotopic (exact) mass is 336 g/mol. The van der Waals surface area contributed by atoms with Crippen LogP contribution in [0, 0.1) is 11.6 Å². The molecular weight excluding hydrogens is 318 g/mol. The van der Waals surface area contributed by atoms with E-state index in [4.69, 9.17) is 4.74 Å². The molecule has 7 heteroatoms. The minimum absolute atomic E-state index is 0.0479. The van der Waals surface area contributed by atoms with E-state index >= 15 is 0 Å². The van der Waals surface area contributed by atoms with Crippen LogP contribution in [-0.2, 0) is 5.60 Å². The zero-order valence-electron chi connectivity index (χ0n) is 13.3. The van der Waals surface area contributed by atoms with Gasteiger partial charge in [0.05, 0.1) is 19.3 Å². The number of amides is 2. The number of carbonyl (C=O) groups excluding carboxylic acids is 1. The fourth-order valence-corrected chi connectivity index (χ4v) is 2.06. The van der Waals surface area contributed by atoms with Crippen molar-refractivity contribution in [3.8, 4) is 5.75 Å². The first-order valence-corrected chi connectivity index (χ1v) is 7.18. The van der Waals surface area contributed by atoms with Crippen LogP contribution in [0.3, 0.4) is 0 Å². The maximum absolute atomic E-state index is 13.7. The van der Waals surface area contributed by atoms with E-state index < -0.39 is 23.3 Å². The first-order chi connectivity index (χ1) is 11.3. The summed E-state index contributed by atoms with van der Waals surface area (Å²) in [6, 6.07) is 8.54. The van der Waals surface area contributed by atoms with Crippen molar-refractivity contribution in [1.82, 2.24) is 5.32 Å². The molecule has 0 heterocycles. The molecule has 24 heavy (non-hydrogen) atoms. The number of ether oxygens (including phenoxy) is 1. The van der Waals surface area contributed by atoms with Crippen molar-refractivity contribution in [3.05, 3.63) is 59.7 Å². The zero-order chi connectivity index (χ0) is 17.7. The number of carbonyl (C=O) groups is 1. The van der Waals surface area contributed by atoms with E-state index in [2.05, 4.69) is 10.6 Å². The average Bonchev–Trinajstić information content (AvgIpc) is 2.55. The second-order valence-electron chi connectivity index (χ2n) is 5.43. The Balaban J connectivity index is 1.99. The molecule has 2 aromatic rings. The number of methoxy groups -OCH3 is 1. The van der Waals surface area contributed by atoms with E-state index in [-0.39, 0.29) is 12.2 Å². The summed E-state index contributed by atoms with van der Waals surface area (Å²) in [5, 5.41) is 15.2. The smallest absolute Gasteiger partial charge is 0.319 e. The fourth-order valence-electron chi connectivity index (χ4n) is 2.06. The Bertz CT molecular complexity index is 718. The van der Waals surface area contributed by atoms with E-state index in [0.29, 0.717) is 11.3 Å². The van der Waals surface area contributed by atoms with Gasteiger partial charge in [-0.3, -0.25) is 0 Å². The molecule has 0 bridgehead atoms. The molecule has 0 saturated carbocycles. The topological polar surface area (TPSA) is 70.6 Å². The van der Waals surface area contributed by atoms with E-state index in [0.717, 1.165) is 0 Å². The lowest BCUT2D eigenvalue weighted by Gasteiger charge is -2.24. The van der Waals surface area contributed by atoms with Gasteiger partial charge in [-0.05, 0) is 36.8 Å². The average molecular weight is 336 g/mol. The molecule has 128 valence electrons. The molecule has 0 radical (unpaired) electrons. The molecule has 0 aliphatic rings. The highest BCUT2D eigenvalue weighted by Gasteiger charge is 2.24. The minimum Gasteiger partial charge on any atom is -0.497 e. The molecule has 2 amide bonds. The number of halogens is 2. The Morgan fingerprint density at radius 1 is 1.21 bits per heavy atom. The van der Waals surface area contributed by atoms with Crippen LogP contribution in [0.15, 0.2) is 42.5 Å². The van der Waals surface area contributed by atoms with Crippen LogP contribution in [0.2, 0.25) is 0 Å². The lowest BCUT2D eigenvalue weighted by atomic mass is 9.96. The van der Waals surface area contributed by atoms with Gasteiger partial charge in [-0.15, -0.1) is 0 Å². The van der Waals surface area contributed by atoms with Crippen molar-refractivity contribution < 1.29 is 23.4 Å². The van der Waals surface area contributed by atoms with Gasteiger partial charge in [0.25, 0.3) is 0 Å². The summed E-state index contributed by atoms with van der Waals surface area (Å²) < 4.78 is 31.5. The Hall–Kier alpha value is -2.67. The SMILES string of the molecule is COc1ccc(F)c(NC(=O)NCC(C)(O)c2ccc(F)cc2)c1. The maximum atomic E-state index is 13.7. The van der Waals surface area contributed by atoms with Crippen molar-refractivity contribution >= 4 is 11.7 Å². The highest BCUT2D eigenvalue weighted by molar-refractivity contribution is 5.89. The molecule has 0 saturated heterocycles. The van der Waals surface area contributed by atoms with Crippen molar-refractivity contribution in [3.63, 3.8) is 0 Å². The molecule has 0 aromatic heterocycles. The lowest BCUT2D eigenvalue weighted by Crippen LogP contribution is -2.40. The Morgan fingerprint density at radius 3 is 2.50 bits per heavy atom. The molecule has 1 atom stereocenters. The van der Waals surface area contributed by atoms with Gasteiger partial charge in [-0.25, -0.2) is 13.6 Å². The summed E-state index contributed by atoms with van der Waals surface area (Å²) in [6.45, 7) is 1.34. The lowest BCUT2D eigenvalue weighted by molar-refractivity contribution is 0.0599. The van der Waals surface area contributed by atoms with Crippen LogP contribution in [0.1, 0.15) is 12.5 Å². The van der Waals surface area contributed by atoms with E-state index in [1.165, 1.54) is 56.5 Å². The highest BCUT2D eigenvalue weighted by atomic mass is 19.1. The zero-order valence-corrected chi connectivity index (χ0v) is 13.3. The summed E-state index contributed by atoms with van der Waals surface area (Å²) in [6.07, 6.45) is 0. The van der Waals surface area contributed by atoms with Crippen LogP contribution < -0.4 is 15.4 Å². The normalized spacial score (nSPS) is 13.0. The van der Waals surface area contributed by atoms with Gasteiger partial charge in [0, 0.05) is 6.07 Å². The molecular formula is C17H18F2N2O3. The predicted octanol–water partition coefficient (Wildman–Crippen LogP) is 3.00. The maximum Gasteiger partial charge on any atom is 0.319 e. The third kappa shape index (κ3) is 4.42. The summed E-state index contributed by atoms with van der Waals surface area (Å²) in [5.41, 5.74) is -1.01. The van der Waals surface area contributed by atoms with Crippen LogP contribution >= 0.6 is 0 Å². The number of benzene rings is 2. The molecule has 2 rings (SSSR count). The van der Waals surface area contributed by atoms with Gasteiger partial charge in [-0.1, -0.05) is 12.1 Å². The van der Waals surface area contributed by atoms with Crippen LogP contribution in [-0.4, -0.2) is 24.8 Å². The molecule has 5 nitrogen and oxygen atoms in total. The molecule has 3 N–H and O–H groups in total. The number of nitrogens with one attached hydrogen (secondary N) is 2. The van der Waals surface area contributed by atoms with Gasteiger partial charge in [-0.2, -0.15) is 0 Å². The molecule has 2 aromatic carbocycles. The molecule has 0 aliphatic carbocycles. The van der Waals surface area contributed by atoms with Crippen molar-refractivity contribution in [1.29, 1.82) is 0 Å². The quantitative estimate of drug-likeness (QED) is 0.786. The standard InChI is InChI=1S/C17H18F2N2O3/c1-17(23,11-3-5-12(18)6-4-11)10-20-16(22)21-15-9-13(24-2)7-8-14(15)19/h3-9,23H,10H2,1-2H3,(H2,20,21,22). The van der Waals surface area contributed by atoms with E-state index in [1.807, 2.05) is 0 Å². The summed E-state index contributed by atoms with van der Waals surface area (Å²) in [7, 11) is 1.43. The first-order valence-electron chi connectivity index (χ1n) is 7.18. The summed E-state index contributed by atoms with van der Waals surface area (Å²) in [4.78, 5) is 11.9. The van der Waals surface area contributed by atoms with Crippen LogP contribution in [0.4, 0.5) is 19.3 Å². The summed E-state index contributed by atoms with van der Waals surface area (Å²) >= 11 is 0.